The van der Waals surface area contributed by atoms with Crippen LogP contribution in [0.1, 0.15) is 50.4 Å². The number of ketones is 1. The Kier molecular flexibility index (Phi) is 7.35. The lowest BCUT2D eigenvalue weighted by Gasteiger charge is -2.31. The zero-order valence-corrected chi connectivity index (χ0v) is 14.8. The van der Waals surface area contributed by atoms with Gasteiger partial charge in [-0.15, -0.1) is 0 Å². The van der Waals surface area contributed by atoms with Crippen LogP contribution >= 0.6 is 0 Å². The van der Waals surface area contributed by atoms with Gasteiger partial charge in [0.05, 0.1) is 7.11 Å². The number of hydrogen-bond acceptors (Lipinski definition) is 4. The molecular formula is C18H27FN2O3. The number of Topliss-reactive ketones (excluding diaryl/α,β-unsaturated/α-hetero) is 1. The number of hydrogen-bond donors (Lipinski definition) is 2. The summed E-state index contributed by atoms with van der Waals surface area (Å²) in [5, 5.41) is 2.90. The molecule has 0 aliphatic heterocycles. The molecule has 1 aromatic carbocycles. The zero-order valence-electron chi connectivity index (χ0n) is 14.8. The van der Waals surface area contributed by atoms with Gasteiger partial charge in [-0.05, 0) is 37.5 Å². The molecule has 1 rings (SSSR count). The fraction of sp³-hybridized carbons (Fsp3) is 0.556. The molecule has 1 amide bonds. The van der Waals surface area contributed by atoms with Gasteiger partial charge in [0.1, 0.15) is 0 Å². The molecule has 0 aromatic heterocycles. The largest absolute Gasteiger partial charge is 0.494 e. The van der Waals surface area contributed by atoms with Gasteiger partial charge in [-0.1, -0.05) is 13.8 Å². The predicted molar refractivity (Wildman–Crippen MR) is 91.6 cm³/mol. The number of rotatable bonds is 9. The van der Waals surface area contributed by atoms with Gasteiger partial charge in [-0.25, -0.2) is 4.39 Å². The van der Waals surface area contributed by atoms with E-state index in [1.807, 2.05) is 6.92 Å². The van der Waals surface area contributed by atoms with Gasteiger partial charge in [0, 0.05) is 30.5 Å². The second-order valence-electron chi connectivity index (χ2n) is 6.68. The van der Waals surface area contributed by atoms with Crippen LogP contribution < -0.4 is 15.8 Å². The lowest BCUT2D eigenvalue weighted by Crippen LogP contribution is -2.52. The highest BCUT2D eigenvalue weighted by Gasteiger charge is 2.26. The van der Waals surface area contributed by atoms with Crippen molar-refractivity contribution in [3.8, 4) is 5.75 Å². The third kappa shape index (κ3) is 5.92. The monoisotopic (exact) mass is 338 g/mol. The maximum absolute atomic E-state index is 13.6. The van der Waals surface area contributed by atoms with Crippen molar-refractivity contribution in [1.82, 2.24) is 5.32 Å². The molecule has 1 unspecified atom stereocenters. The third-order valence-corrected chi connectivity index (χ3v) is 3.80. The molecule has 0 aliphatic rings. The first-order chi connectivity index (χ1) is 11.2. The van der Waals surface area contributed by atoms with Crippen LogP contribution in [0.3, 0.4) is 0 Å². The fourth-order valence-electron chi connectivity index (χ4n) is 2.70. The van der Waals surface area contributed by atoms with Gasteiger partial charge in [-0.3, -0.25) is 9.59 Å². The smallest absolute Gasteiger partial charge is 0.220 e. The highest BCUT2D eigenvalue weighted by molar-refractivity contribution is 5.98. The maximum Gasteiger partial charge on any atom is 0.220 e. The van der Waals surface area contributed by atoms with E-state index >= 15 is 0 Å². The predicted octanol–water partition coefficient (Wildman–Crippen LogP) is 2.68. The van der Waals surface area contributed by atoms with Gasteiger partial charge in [0.15, 0.2) is 17.3 Å². The Morgan fingerprint density at radius 2 is 2.00 bits per heavy atom. The molecule has 1 aromatic rings. The Hall–Kier alpha value is -1.95. The first kappa shape index (κ1) is 20.1. The van der Waals surface area contributed by atoms with Crippen LogP contribution in [0.15, 0.2) is 18.2 Å². The number of halogens is 1. The van der Waals surface area contributed by atoms with E-state index in [-0.39, 0.29) is 35.8 Å². The van der Waals surface area contributed by atoms with E-state index in [9.17, 15) is 14.0 Å². The molecule has 134 valence electrons. The van der Waals surface area contributed by atoms with Crippen molar-refractivity contribution in [2.75, 3.05) is 13.7 Å². The van der Waals surface area contributed by atoms with Gasteiger partial charge >= 0.3 is 0 Å². The van der Waals surface area contributed by atoms with Crippen LogP contribution in [-0.4, -0.2) is 30.9 Å². The summed E-state index contributed by atoms with van der Waals surface area (Å²) in [5.74, 6) is -0.643. The van der Waals surface area contributed by atoms with Crippen LogP contribution in [0.25, 0.3) is 0 Å². The molecule has 0 fully saturated rings. The SMILES string of the molecule is COc1ccc(C(=O)CCC(=O)NC(C)(CN)CC(C)C)cc1F. The van der Waals surface area contributed by atoms with E-state index in [1.54, 1.807) is 0 Å². The Bertz CT molecular complexity index is 590. The summed E-state index contributed by atoms with van der Waals surface area (Å²) in [7, 11) is 1.36. The summed E-state index contributed by atoms with van der Waals surface area (Å²) in [6.07, 6.45) is 0.812. The average Bonchev–Trinajstić information content (AvgIpc) is 2.51. The zero-order chi connectivity index (χ0) is 18.3. The first-order valence-electron chi connectivity index (χ1n) is 8.08. The van der Waals surface area contributed by atoms with E-state index in [0.717, 1.165) is 12.5 Å². The molecule has 5 nitrogen and oxygen atoms in total. The number of benzene rings is 1. The standard InChI is InChI=1S/C18H27FN2O3/c1-12(2)10-18(3,11-20)21-17(23)8-6-15(22)13-5-7-16(24-4)14(19)9-13/h5,7,9,12H,6,8,10-11,20H2,1-4H3,(H,21,23). The molecule has 3 N–H and O–H groups in total. The van der Waals surface area contributed by atoms with Crippen LogP contribution in [0.5, 0.6) is 5.75 Å². The molecule has 0 bridgehead atoms. The van der Waals surface area contributed by atoms with Gasteiger partial charge in [-0.2, -0.15) is 0 Å². The minimum atomic E-state index is -0.597. The van der Waals surface area contributed by atoms with E-state index in [4.69, 9.17) is 10.5 Å². The van der Waals surface area contributed by atoms with Crippen molar-refractivity contribution < 1.29 is 18.7 Å². The fourth-order valence-corrected chi connectivity index (χ4v) is 2.70. The van der Waals surface area contributed by atoms with Gasteiger partial charge < -0.3 is 15.8 Å². The summed E-state index contributed by atoms with van der Waals surface area (Å²) in [6, 6.07) is 4.02. The summed E-state index contributed by atoms with van der Waals surface area (Å²) in [4.78, 5) is 24.2. The van der Waals surface area contributed by atoms with Crippen molar-refractivity contribution in [2.45, 2.75) is 45.6 Å². The quantitative estimate of drug-likeness (QED) is 0.678. The van der Waals surface area contributed by atoms with Gasteiger partial charge in [0.2, 0.25) is 5.91 Å². The number of carbonyl (C=O) groups excluding carboxylic acids is 2. The average molecular weight is 338 g/mol. The highest BCUT2D eigenvalue weighted by atomic mass is 19.1. The first-order valence-corrected chi connectivity index (χ1v) is 8.08. The second-order valence-corrected chi connectivity index (χ2v) is 6.68. The molecule has 24 heavy (non-hydrogen) atoms. The Labute approximate surface area is 142 Å². The lowest BCUT2D eigenvalue weighted by molar-refractivity contribution is -0.122. The molecule has 0 saturated heterocycles. The maximum atomic E-state index is 13.6. The van der Waals surface area contributed by atoms with Crippen LogP contribution in [0, 0.1) is 11.7 Å². The summed E-state index contributed by atoms with van der Waals surface area (Å²) < 4.78 is 18.4. The minimum absolute atomic E-state index is 0.0138. The van der Waals surface area contributed by atoms with Crippen molar-refractivity contribution >= 4 is 11.7 Å². The number of carbonyl (C=O) groups is 2. The lowest BCUT2D eigenvalue weighted by atomic mass is 9.90. The summed E-state index contributed by atoms with van der Waals surface area (Å²) in [6.45, 7) is 6.34. The molecule has 6 heteroatoms. The van der Waals surface area contributed by atoms with Crippen LogP contribution in [0.4, 0.5) is 4.39 Å². The molecular weight excluding hydrogens is 311 g/mol. The molecule has 1 atom stereocenters. The molecule has 0 saturated carbocycles. The van der Waals surface area contributed by atoms with Crippen LogP contribution in [0.2, 0.25) is 0 Å². The number of amides is 1. The van der Waals surface area contributed by atoms with Gasteiger partial charge in [0.25, 0.3) is 0 Å². The normalized spacial score (nSPS) is 13.5. The van der Waals surface area contributed by atoms with E-state index in [2.05, 4.69) is 19.2 Å². The second kappa shape index (κ2) is 8.78. The minimum Gasteiger partial charge on any atom is -0.494 e. The van der Waals surface area contributed by atoms with Crippen molar-refractivity contribution in [1.29, 1.82) is 0 Å². The van der Waals surface area contributed by atoms with E-state index in [0.29, 0.717) is 12.5 Å². The summed E-state index contributed by atoms with van der Waals surface area (Å²) >= 11 is 0. The molecule has 0 heterocycles. The third-order valence-electron chi connectivity index (χ3n) is 3.80. The highest BCUT2D eigenvalue weighted by Crippen LogP contribution is 2.19. The van der Waals surface area contributed by atoms with Crippen molar-refractivity contribution in [2.24, 2.45) is 11.7 Å². The molecule has 0 aliphatic carbocycles. The number of nitrogens with one attached hydrogen (secondary N) is 1. The number of methoxy groups -OCH3 is 1. The Balaban J connectivity index is 2.60. The Morgan fingerprint density at radius 1 is 1.33 bits per heavy atom. The van der Waals surface area contributed by atoms with E-state index < -0.39 is 11.4 Å². The number of nitrogens with two attached hydrogens (primary N) is 1. The number of ether oxygens (including phenoxy) is 1. The topological polar surface area (TPSA) is 81.4 Å². The molecule has 0 radical (unpaired) electrons. The van der Waals surface area contributed by atoms with Crippen molar-refractivity contribution in [3.05, 3.63) is 29.6 Å². The summed E-state index contributed by atoms with van der Waals surface area (Å²) in [5.41, 5.74) is 5.50. The molecule has 0 spiro atoms. The van der Waals surface area contributed by atoms with Crippen molar-refractivity contribution in [3.63, 3.8) is 0 Å². The van der Waals surface area contributed by atoms with E-state index in [1.165, 1.54) is 19.2 Å². The van der Waals surface area contributed by atoms with Crippen LogP contribution in [-0.2, 0) is 4.79 Å². The Morgan fingerprint density at radius 3 is 2.50 bits per heavy atom.